The molecule has 0 radical (unpaired) electrons. The fraction of sp³-hybridized carbons (Fsp3) is 0.421. The lowest BCUT2D eigenvalue weighted by molar-refractivity contribution is 0.260. The van der Waals surface area contributed by atoms with Crippen molar-refractivity contribution in [2.45, 2.75) is 26.4 Å². The van der Waals surface area contributed by atoms with Crippen molar-refractivity contribution in [3.63, 3.8) is 0 Å². The number of hydrogen-bond acceptors (Lipinski definition) is 3. The molecule has 0 atom stereocenters. The Morgan fingerprint density at radius 1 is 1.32 bits per heavy atom. The summed E-state index contributed by atoms with van der Waals surface area (Å²) in [4.78, 5) is 8.23. The molecule has 134 valence electrons. The summed E-state index contributed by atoms with van der Waals surface area (Å²) >= 11 is 1.87. The highest BCUT2D eigenvalue weighted by molar-refractivity contribution is 7.10. The van der Waals surface area contributed by atoms with Crippen LogP contribution in [0.4, 0.5) is 4.39 Å². The first-order valence-electron chi connectivity index (χ1n) is 8.63. The first-order chi connectivity index (χ1) is 12.2. The Hall–Kier alpha value is -1.92. The van der Waals surface area contributed by atoms with Crippen molar-refractivity contribution in [3.05, 3.63) is 57.0 Å². The van der Waals surface area contributed by atoms with E-state index in [1.54, 1.807) is 26.1 Å². The van der Waals surface area contributed by atoms with Gasteiger partial charge in [-0.25, -0.2) is 4.39 Å². The van der Waals surface area contributed by atoms with E-state index in [4.69, 9.17) is 0 Å². The lowest BCUT2D eigenvalue weighted by atomic mass is 10.1. The first kappa shape index (κ1) is 17.9. The summed E-state index contributed by atoms with van der Waals surface area (Å²) in [6, 6.07) is 7.55. The third-order valence-corrected chi connectivity index (χ3v) is 5.55. The molecule has 1 aliphatic rings. The summed E-state index contributed by atoms with van der Waals surface area (Å²) in [5.74, 6) is 0.578. The SMILES string of the molecule is CN=C(NCCN1CCc2sccc2C1)NCc1ccc(C)c(F)c1. The zero-order valence-electron chi connectivity index (χ0n) is 14.8. The first-order valence-corrected chi connectivity index (χ1v) is 9.51. The minimum atomic E-state index is -0.167. The Morgan fingerprint density at radius 3 is 3.00 bits per heavy atom. The van der Waals surface area contributed by atoms with E-state index in [2.05, 4.69) is 32.0 Å². The van der Waals surface area contributed by atoms with Crippen molar-refractivity contribution >= 4 is 17.3 Å². The molecule has 4 nitrogen and oxygen atoms in total. The number of rotatable bonds is 5. The Balaban J connectivity index is 1.41. The molecular weight excluding hydrogens is 335 g/mol. The van der Waals surface area contributed by atoms with Gasteiger partial charge in [0.15, 0.2) is 5.96 Å². The second-order valence-electron chi connectivity index (χ2n) is 6.33. The van der Waals surface area contributed by atoms with Gasteiger partial charge < -0.3 is 10.6 Å². The molecule has 0 saturated heterocycles. The number of fused-ring (bicyclic) bond motifs is 1. The van der Waals surface area contributed by atoms with E-state index in [9.17, 15) is 4.39 Å². The zero-order valence-corrected chi connectivity index (χ0v) is 15.6. The molecule has 6 heteroatoms. The van der Waals surface area contributed by atoms with Crippen LogP contribution in [0.1, 0.15) is 21.6 Å². The molecule has 1 aromatic carbocycles. The average Bonchev–Trinajstić information content (AvgIpc) is 3.08. The lowest BCUT2D eigenvalue weighted by Gasteiger charge is -2.27. The van der Waals surface area contributed by atoms with E-state index >= 15 is 0 Å². The maximum Gasteiger partial charge on any atom is 0.191 e. The Morgan fingerprint density at radius 2 is 2.20 bits per heavy atom. The van der Waals surface area contributed by atoms with Crippen LogP contribution in [-0.2, 0) is 19.5 Å². The summed E-state index contributed by atoms with van der Waals surface area (Å²) < 4.78 is 13.6. The van der Waals surface area contributed by atoms with Crippen LogP contribution in [0.25, 0.3) is 0 Å². The summed E-state index contributed by atoms with van der Waals surface area (Å²) in [7, 11) is 1.75. The van der Waals surface area contributed by atoms with Crippen molar-refractivity contribution in [1.29, 1.82) is 0 Å². The molecule has 0 amide bonds. The second kappa shape index (κ2) is 8.45. The number of guanidine groups is 1. The number of benzene rings is 1. The van der Waals surface area contributed by atoms with E-state index in [0.29, 0.717) is 12.1 Å². The summed E-state index contributed by atoms with van der Waals surface area (Å²) in [6.07, 6.45) is 1.15. The van der Waals surface area contributed by atoms with Crippen LogP contribution >= 0.6 is 11.3 Å². The quantitative estimate of drug-likeness (QED) is 0.636. The van der Waals surface area contributed by atoms with E-state index in [-0.39, 0.29) is 5.82 Å². The number of thiophene rings is 1. The fourth-order valence-electron chi connectivity index (χ4n) is 2.98. The maximum absolute atomic E-state index is 13.6. The third-order valence-electron chi connectivity index (χ3n) is 4.53. The minimum Gasteiger partial charge on any atom is -0.355 e. The van der Waals surface area contributed by atoms with Gasteiger partial charge in [-0.2, -0.15) is 0 Å². The average molecular weight is 361 g/mol. The van der Waals surface area contributed by atoms with Gasteiger partial charge in [0, 0.05) is 44.6 Å². The zero-order chi connectivity index (χ0) is 17.6. The topological polar surface area (TPSA) is 39.7 Å². The van der Waals surface area contributed by atoms with Gasteiger partial charge in [0.1, 0.15) is 5.82 Å². The van der Waals surface area contributed by atoms with Gasteiger partial charge in [-0.1, -0.05) is 12.1 Å². The highest BCUT2D eigenvalue weighted by atomic mass is 32.1. The van der Waals surface area contributed by atoms with Gasteiger partial charge in [-0.15, -0.1) is 11.3 Å². The summed E-state index contributed by atoms with van der Waals surface area (Å²) in [5, 5.41) is 8.76. The fourth-order valence-corrected chi connectivity index (χ4v) is 3.87. The molecule has 2 N–H and O–H groups in total. The predicted octanol–water partition coefficient (Wildman–Crippen LogP) is 2.92. The van der Waals surface area contributed by atoms with Gasteiger partial charge in [0.05, 0.1) is 0 Å². The van der Waals surface area contributed by atoms with E-state index < -0.39 is 0 Å². The molecule has 0 aliphatic carbocycles. The third kappa shape index (κ3) is 4.80. The molecule has 0 saturated carbocycles. The van der Waals surface area contributed by atoms with Crippen LogP contribution < -0.4 is 10.6 Å². The number of nitrogens with one attached hydrogen (secondary N) is 2. The normalized spacial score (nSPS) is 15.1. The van der Waals surface area contributed by atoms with E-state index in [1.807, 2.05) is 17.4 Å². The predicted molar refractivity (Wildman–Crippen MR) is 103 cm³/mol. The molecular formula is C19H25FN4S. The van der Waals surface area contributed by atoms with Crippen molar-refractivity contribution in [2.75, 3.05) is 26.7 Å². The number of nitrogens with zero attached hydrogens (tertiary/aromatic N) is 2. The van der Waals surface area contributed by atoms with Crippen LogP contribution in [0.3, 0.4) is 0 Å². The maximum atomic E-state index is 13.6. The molecule has 0 unspecified atom stereocenters. The van der Waals surface area contributed by atoms with Gasteiger partial charge in [-0.3, -0.25) is 9.89 Å². The van der Waals surface area contributed by atoms with E-state index in [0.717, 1.165) is 44.1 Å². The highest BCUT2D eigenvalue weighted by Crippen LogP contribution is 2.23. The Kier molecular flexibility index (Phi) is 6.04. The molecule has 0 fully saturated rings. The standard InChI is InChI=1S/C19H25FN4S/c1-14-3-4-15(11-17(14)20)12-23-19(21-2)22-7-9-24-8-5-18-16(13-24)6-10-25-18/h3-4,6,10-11H,5,7-9,12-13H2,1-2H3,(H2,21,22,23). The van der Waals surface area contributed by atoms with Crippen molar-refractivity contribution in [2.24, 2.45) is 4.99 Å². The van der Waals surface area contributed by atoms with Gasteiger partial charge in [0.2, 0.25) is 0 Å². The van der Waals surface area contributed by atoms with Crippen molar-refractivity contribution in [3.8, 4) is 0 Å². The van der Waals surface area contributed by atoms with Crippen LogP contribution in [0, 0.1) is 12.7 Å². The molecule has 3 rings (SSSR count). The molecule has 1 aliphatic heterocycles. The smallest absolute Gasteiger partial charge is 0.191 e. The molecule has 2 heterocycles. The lowest BCUT2D eigenvalue weighted by Crippen LogP contribution is -2.42. The Labute approximate surface area is 152 Å². The Bertz CT molecular complexity index is 741. The van der Waals surface area contributed by atoms with Crippen molar-refractivity contribution in [1.82, 2.24) is 15.5 Å². The molecule has 2 aromatic rings. The van der Waals surface area contributed by atoms with Gasteiger partial charge >= 0.3 is 0 Å². The minimum absolute atomic E-state index is 0.167. The number of halogens is 1. The molecule has 25 heavy (non-hydrogen) atoms. The van der Waals surface area contributed by atoms with Crippen LogP contribution in [0.2, 0.25) is 0 Å². The number of hydrogen-bond donors (Lipinski definition) is 2. The van der Waals surface area contributed by atoms with Gasteiger partial charge in [-0.05, 0) is 47.5 Å². The number of aliphatic imine (C=N–C) groups is 1. The molecule has 0 spiro atoms. The van der Waals surface area contributed by atoms with Crippen LogP contribution in [-0.4, -0.2) is 37.5 Å². The van der Waals surface area contributed by atoms with Gasteiger partial charge in [0.25, 0.3) is 0 Å². The second-order valence-corrected chi connectivity index (χ2v) is 7.33. The van der Waals surface area contributed by atoms with Crippen LogP contribution in [0.5, 0.6) is 0 Å². The largest absolute Gasteiger partial charge is 0.355 e. The molecule has 0 bridgehead atoms. The highest BCUT2D eigenvalue weighted by Gasteiger charge is 2.16. The summed E-state index contributed by atoms with van der Waals surface area (Å²) in [6.45, 7) is 6.29. The van der Waals surface area contributed by atoms with Crippen LogP contribution in [0.15, 0.2) is 34.6 Å². The van der Waals surface area contributed by atoms with Crippen molar-refractivity contribution < 1.29 is 4.39 Å². The molecule has 1 aromatic heterocycles. The summed E-state index contributed by atoms with van der Waals surface area (Å²) in [5.41, 5.74) is 3.05. The monoisotopic (exact) mass is 360 g/mol. The van der Waals surface area contributed by atoms with E-state index in [1.165, 1.54) is 10.4 Å². The number of aryl methyl sites for hydroxylation is 1.